The lowest BCUT2D eigenvalue weighted by atomic mass is 9.91. The van der Waals surface area contributed by atoms with Crippen molar-refractivity contribution in [3.63, 3.8) is 0 Å². The van der Waals surface area contributed by atoms with Crippen molar-refractivity contribution in [2.75, 3.05) is 7.11 Å². The highest BCUT2D eigenvalue weighted by atomic mass is 79.9. The van der Waals surface area contributed by atoms with Crippen molar-refractivity contribution in [2.24, 2.45) is 5.73 Å². The van der Waals surface area contributed by atoms with Gasteiger partial charge >= 0.3 is 0 Å². The number of hydrogen-bond donors (Lipinski definition) is 2. The number of hydrogen-bond acceptors (Lipinski definition) is 3. The molecule has 2 unspecified atom stereocenters. The topological polar surface area (TPSA) is 64.3 Å². The standard InChI is InChI=1S/C19H21BrN2O2.ClH/c1-19(21,12-6-8-13(20)9-7-12)18(23)22-16-11-10-15-14(16)4-3-5-17(15)24-2;/h3-9,16H,10-11,21H2,1-2H3,(H,22,23);1H. The number of nitrogens with one attached hydrogen (secondary N) is 1. The van der Waals surface area contributed by atoms with E-state index >= 15 is 0 Å². The van der Waals surface area contributed by atoms with E-state index in [1.165, 1.54) is 5.56 Å². The first-order valence-corrected chi connectivity index (χ1v) is 8.74. The summed E-state index contributed by atoms with van der Waals surface area (Å²) in [5.74, 6) is 0.707. The molecule has 6 heteroatoms. The average Bonchev–Trinajstić information content (AvgIpc) is 2.98. The normalized spacial score (nSPS) is 17.8. The van der Waals surface area contributed by atoms with E-state index in [0.29, 0.717) is 0 Å². The Morgan fingerprint density at radius 1 is 1.28 bits per heavy atom. The highest BCUT2D eigenvalue weighted by Crippen LogP contribution is 2.37. The van der Waals surface area contributed by atoms with Crippen LogP contribution in [0.2, 0.25) is 0 Å². The molecule has 2 atom stereocenters. The summed E-state index contributed by atoms with van der Waals surface area (Å²) >= 11 is 3.40. The van der Waals surface area contributed by atoms with E-state index in [4.69, 9.17) is 10.5 Å². The third kappa shape index (κ3) is 3.84. The number of fused-ring (bicyclic) bond motifs is 1. The minimum Gasteiger partial charge on any atom is -0.496 e. The zero-order chi connectivity index (χ0) is 17.3. The van der Waals surface area contributed by atoms with Crippen LogP contribution >= 0.6 is 28.3 Å². The Morgan fingerprint density at radius 3 is 2.60 bits per heavy atom. The van der Waals surface area contributed by atoms with Gasteiger partial charge in [0.1, 0.15) is 11.3 Å². The molecular weight excluding hydrogens is 404 g/mol. The van der Waals surface area contributed by atoms with E-state index in [2.05, 4.69) is 21.2 Å². The zero-order valence-corrected chi connectivity index (χ0v) is 16.6. The van der Waals surface area contributed by atoms with Gasteiger partial charge in [0.2, 0.25) is 5.91 Å². The van der Waals surface area contributed by atoms with Crippen LogP contribution in [0.1, 0.15) is 36.1 Å². The summed E-state index contributed by atoms with van der Waals surface area (Å²) in [6, 6.07) is 13.5. The molecule has 0 bridgehead atoms. The third-order valence-corrected chi connectivity index (χ3v) is 5.20. The Morgan fingerprint density at radius 2 is 1.96 bits per heavy atom. The van der Waals surface area contributed by atoms with Crippen LogP contribution in [0.4, 0.5) is 0 Å². The SMILES string of the molecule is COc1cccc2c1CCC2NC(=O)C(C)(N)c1ccc(Br)cc1.Cl. The van der Waals surface area contributed by atoms with Gasteiger partial charge in [-0.3, -0.25) is 4.79 Å². The molecule has 0 heterocycles. The van der Waals surface area contributed by atoms with Crippen molar-refractivity contribution in [3.05, 3.63) is 63.6 Å². The van der Waals surface area contributed by atoms with Crippen molar-refractivity contribution in [3.8, 4) is 5.75 Å². The maximum Gasteiger partial charge on any atom is 0.244 e. The molecule has 4 nitrogen and oxygen atoms in total. The van der Waals surface area contributed by atoms with Crippen LogP contribution in [-0.2, 0) is 16.8 Å². The zero-order valence-electron chi connectivity index (χ0n) is 14.2. The van der Waals surface area contributed by atoms with E-state index in [0.717, 1.165) is 34.2 Å². The second-order valence-electron chi connectivity index (χ2n) is 6.30. The van der Waals surface area contributed by atoms with Crippen LogP contribution < -0.4 is 15.8 Å². The Bertz CT molecular complexity index is 763. The predicted octanol–water partition coefficient (Wildman–Crippen LogP) is 3.86. The number of halogens is 2. The summed E-state index contributed by atoms with van der Waals surface area (Å²) in [6.07, 6.45) is 1.75. The molecule has 2 aromatic rings. The Kier molecular flexibility index (Phi) is 6.14. The van der Waals surface area contributed by atoms with Crippen LogP contribution in [-0.4, -0.2) is 13.0 Å². The number of amides is 1. The van der Waals surface area contributed by atoms with Crippen molar-refractivity contribution >= 4 is 34.2 Å². The number of carbonyl (C=O) groups excluding carboxylic acids is 1. The lowest BCUT2D eigenvalue weighted by Crippen LogP contribution is -2.49. The van der Waals surface area contributed by atoms with Crippen LogP contribution in [0.25, 0.3) is 0 Å². The number of rotatable bonds is 4. The fourth-order valence-electron chi connectivity index (χ4n) is 3.20. The van der Waals surface area contributed by atoms with Crippen LogP contribution in [0.5, 0.6) is 5.75 Å². The number of ether oxygens (including phenoxy) is 1. The van der Waals surface area contributed by atoms with Crippen molar-refractivity contribution in [1.82, 2.24) is 5.32 Å². The highest BCUT2D eigenvalue weighted by molar-refractivity contribution is 9.10. The molecule has 2 aromatic carbocycles. The van der Waals surface area contributed by atoms with Gasteiger partial charge in [0, 0.05) is 4.47 Å². The van der Waals surface area contributed by atoms with Gasteiger partial charge in [-0.05, 0) is 54.7 Å². The molecule has 25 heavy (non-hydrogen) atoms. The minimum atomic E-state index is -1.08. The molecule has 0 spiro atoms. The van der Waals surface area contributed by atoms with E-state index in [9.17, 15) is 4.79 Å². The summed E-state index contributed by atoms with van der Waals surface area (Å²) in [5.41, 5.74) is 8.33. The maximum absolute atomic E-state index is 12.8. The van der Waals surface area contributed by atoms with Gasteiger partial charge < -0.3 is 15.8 Å². The van der Waals surface area contributed by atoms with E-state index in [-0.39, 0.29) is 24.4 Å². The lowest BCUT2D eigenvalue weighted by molar-refractivity contribution is -0.126. The van der Waals surface area contributed by atoms with Crippen LogP contribution in [0.15, 0.2) is 46.9 Å². The van der Waals surface area contributed by atoms with Crippen molar-refractivity contribution < 1.29 is 9.53 Å². The van der Waals surface area contributed by atoms with E-state index in [1.54, 1.807) is 14.0 Å². The molecule has 0 radical (unpaired) electrons. The molecule has 1 aliphatic rings. The molecule has 0 aliphatic heterocycles. The smallest absolute Gasteiger partial charge is 0.244 e. The fraction of sp³-hybridized carbons (Fsp3) is 0.316. The Labute approximate surface area is 162 Å². The van der Waals surface area contributed by atoms with Gasteiger partial charge in [0.25, 0.3) is 0 Å². The van der Waals surface area contributed by atoms with E-state index in [1.807, 2.05) is 42.5 Å². The number of carbonyl (C=O) groups is 1. The predicted molar refractivity (Wildman–Crippen MR) is 105 cm³/mol. The first-order chi connectivity index (χ1) is 11.4. The Balaban J connectivity index is 0.00000225. The van der Waals surface area contributed by atoms with Gasteiger partial charge in [-0.15, -0.1) is 12.4 Å². The van der Waals surface area contributed by atoms with Crippen LogP contribution in [0.3, 0.4) is 0 Å². The molecule has 134 valence electrons. The summed E-state index contributed by atoms with van der Waals surface area (Å²) in [4.78, 5) is 12.8. The number of methoxy groups -OCH3 is 1. The van der Waals surface area contributed by atoms with Crippen molar-refractivity contribution in [1.29, 1.82) is 0 Å². The molecule has 1 amide bonds. The molecule has 1 aliphatic carbocycles. The van der Waals surface area contributed by atoms with E-state index < -0.39 is 5.54 Å². The molecule has 3 rings (SSSR count). The van der Waals surface area contributed by atoms with Gasteiger partial charge in [0.05, 0.1) is 13.2 Å². The second-order valence-corrected chi connectivity index (χ2v) is 7.22. The molecule has 0 saturated heterocycles. The highest BCUT2D eigenvalue weighted by Gasteiger charge is 2.34. The van der Waals surface area contributed by atoms with Gasteiger partial charge in [-0.2, -0.15) is 0 Å². The molecule has 0 fully saturated rings. The molecule has 0 aromatic heterocycles. The first-order valence-electron chi connectivity index (χ1n) is 7.95. The Hall–Kier alpha value is -1.56. The van der Waals surface area contributed by atoms with Crippen molar-refractivity contribution in [2.45, 2.75) is 31.3 Å². The van der Waals surface area contributed by atoms with Crippen LogP contribution in [0, 0.1) is 0 Å². The summed E-state index contributed by atoms with van der Waals surface area (Å²) in [7, 11) is 1.67. The lowest BCUT2D eigenvalue weighted by Gasteiger charge is -2.26. The van der Waals surface area contributed by atoms with Gasteiger partial charge in [-0.1, -0.05) is 40.2 Å². The summed E-state index contributed by atoms with van der Waals surface area (Å²) < 4.78 is 6.37. The molecule has 3 N–H and O–H groups in total. The van der Waals surface area contributed by atoms with Gasteiger partial charge in [-0.25, -0.2) is 0 Å². The number of benzene rings is 2. The largest absolute Gasteiger partial charge is 0.496 e. The molecule has 0 saturated carbocycles. The number of nitrogens with two attached hydrogens (primary N) is 1. The summed E-state index contributed by atoms with van der Waals surface area (Å²) in [6.45, 7) is 1.74. The fourth-order valence-corrected chi connectivity index (χ4v) is 3.46. The average molecular weight is 426 g/mol. The second kappa shape index (κ2) is 7.77. The first kappa shape index (κ1) is 19.8. The summed E-state index contributed by atoms with van der Waals surface area (Å²) in [5, 5.41) is 3.11. The quantitative estimate of drug-likeness (QED) is 0.782. The van der Waals surface area contributed by atoms with Gasteiger partial charge in [0.15, 0.2) is 0 Å². The minimum absolute atomic E-state index is 0. The monoisotopic (exact) mass is 424 g/mol. The maximum atomic E-state index is 12.8. The molecular formula is C19H22BrClN2O2. The third-order valence-electron chi connectivity index (χ3n) is 4.67.